The van der Waals surface area contributed by atoms with Crippen molar-refractivity contribution in [2.24, 2.45) is 0 Å². The van der Waals surface area contributed by atoms with E-state index in [4.69, 9.17) is 9.15 Å². The molecule has 0 bridgehead atoms. The number of rotatable bonds is 4. The third kappa shape index (κ3) is 4.14. The number of nitrogens with one attached hydrogen (secondary N) is 2. The SMILES string of the molecule is COc1ccc(CNC(=O)Nc2ccc3oc(C(C)(C)C)nc3c2)cc1. The molecule has 1 aromatic heterocycles. The predicted octanol–water partition coefficient (Wildman–Crippen LogP) is 4.46. The second kappa shape index (κ2) is 7.07. The molecule has 0 aliphatic rings. The zero-order chi connectivity index (χ0) is 18.7. The molecule has 136 valence electrons. The Morgan fingerprint density at radius 2 is 1.88 bits per heavy atom. The summed E-state index contributed by atoms with van der Waals surface area (Å²) in [5, 5.41) is 5.65. The Morgan fingerprint density at radius 1 is 1.15 bits per heavy atom. The van der Waals surface area contributed by atoms with E-state index in [1.807, 2.05) is 51.1 Å². The van der Waals surface area contributed by atoms with Crippen LogP contribution in [0.15, 0.2) is 46.9 Å². The Bertz CT molecular complexity index is 908. The van der Waals surface area contributed by atoms with Gasteiger partial charge < -0.3 is 19.8 Å². The molecule has 3 rings (SSSR count). The van der Waals surface area contributed by atoms with E-state index in [1.54, 1.807) is 19.2 Å². The van der Waals surface area contributed by atoms with Gasteiger partial charge in [-0.2, -0.15) is 0 Å². The Kier molecular flexibility index (Phi) is 4.84. The molecule has 26 heavy (non-hydrogen) atoms. The Morgan fingerprint density at radius 3 is 2.54 bits per heavy atom. The van der Waals surface area contributed by atoms with Gasteiger partial charge in [0.2, 0.25) is 5.89 Å². The molecular weight excluding hydrogens is 330 g/mol. The molecule has 0 unspecified atom stereocenters. The lowest BCUT2D eigenvalue weighted by molar-refractivity contribution is 0.251. The molecule has 0 radical (unpaired) electrons. The fourth-order valence-electron chi connectivity index (χ4n) is 2.43. The molecule has 0 aliphatic heterocycles. The van der Waals surface area contributed by atoms with Crippen LogP contribution in [0, 0.1) is 0 Å². The first-order valence-corrected chi connectivity index (χ1v) is 8.44. The summed E-state index contributed by atoms with van der Waals surface area (Å²) in [7, 11) is 1.62. The highest BCUT2D eigenvalue weighted by Gasteiger charge is 2.21. The zero-order valence-corrected chi connectivity index (χ0v) is 15.4. The number of carbonyl (C=O) groups excluding carboxylic acids is 1. The first-order valence-electron chi connectivity index (χ1n) is 8.44. The van der Waals surface area contributed by atoms with Crippen molar-refractivity contribution < 1.29 is 13.9 Å². The van der Waals surface area contributed by atoms with Gasteiger partial charge in [0.15, 0.2) is 5.58 Å². The number of oxazole rings is 1. The minimum absolute atomic E-state index is 0.164. The van der Waals surface area contributed by atoms with E-state index in [0.717, 1.165) is 16.8 Å². The number of anilines is 1. The number of fused-ring (bicyclic) bond motifs is 1. The van der Waals surface area contributed by atoms with Crippen molar-refractivity contribution in [2.45, 2.75) is 32.7 Å². The van der Waals surface area contributed by atoms with E-state index in [-0.39, 0.29) is 11.4 Å². The van der Waals surface area contributed by atoms with Gasteiger partial charge in [0.25, 0.3) is 0 Å². The van der Waals surface area contributed by atoms with Crippen molar-refractivity contribution in [1.82, 2.24) is 10.3 Å². The van der Waals surface area contributed by atoms with Crippen molar-refractivity contribution in [1.29, 1.82) is 0 Å². The van der Waals surface area contributed by atoms with Gasteiger partial charge in [-0.05, 0) is 35.9 Å². The number of amides is 2. The maximum atomic E-state index is 12.1. The molecule has 6 nitrogen and oxygen atoms in total. The number of urea groups is 1. The molecule has 1 heterocycles. The van der Waals surface area contributed by atoms with Gasteiger partial charge >= 0.3 is 6.03 Å². The third-order valence-electron chi connectivity index (χ3n) is 3.90. The van der Waals surface area contributed by atoms with Gasteiger partial charge in [-0.1, -0.05) is 32.9 Å². The topological polar surface area (TPSA) is 76.4 Å². The highest BCUT2D eigenvalue weighted by molar-refractivity contribution is 5.91. The van der Waals surface area contributed by atoms with E-state index in [2.05, 4.69) is 15.6 Å². The molecule has 0 spiro atoms. The summed E-state index contributed by atoms with van der Waals surface area (Å²) in [5.41, 5.74) is 2.92. The van der Waals surface area contributed by atoms with Crippen LogP contribution in [-0.4, -0.2) is 18.1 Å². The van der Waals surface area contributed by atoms with E-state index in [1.165, 1.54) is 0 Å². The third-order valence-corrected chi connectivity index (χ3v) is 3.90. The van der Waals surface area contributed by atoms with Crippen LogP contribution in [0.2, 0.25) is 0 Å². The van der Waals surface area contributed by atoms with Gasteiger partial charge in [0.1, 0.15) is 11.3 Å². The number of methoxy groups -OCH3 is 1. The van der Waals surface area contributed by atoms with Crippen molar-refractivity contribution in [3.05, 3.63) is 53.9 Å². The fraction of sp³-hybridized carbons (Fsp3) is 0.300. The Hall–Kier alpha value is -3.02. The van der Waals surface area contributed by atoms with E-state index >= 15 is 0 Å². The quantitative estimate of drug-likeness (QED) is 0.726. The smallest absolute Gasteiger partial charge is 0.319 e. The summed E-state index contributed by atoms with van der Waals surface area (Å²) in [4.78, 5) is 16.6. The standard InChI is InChI=1S/C20H23N3O3/c1-20(2,3)18-23-16-11-14(7-10-17(16)26-18)22-19(24)21-12-13-5-8-15(25-4)9-6-13/h5-11H,12H2,1-4H3,(H2,21,22,24). The van der Waals surface area contributed by atoms with Crippen molar-refractivity contribution >= 4 is 22.8 Å². The largest absolute Gasteiger partial charge is 0.497 e. The van der Waals surface area contributed by atoms with Gasteiger partial charge in [-0.25, -0.2) is 9.78 Å². The lowest BCUT2D eigenvalue weighted by Gasteiger charge is -2.11. The normalized spacial score (nSPS) is 11.4. The molecule has 6 heteroatoms. The van der Waals surface area contributed by atoms with Gasteiger partial charge in [-0.15, -0.1) is 0 Å². The van der Waals surface area contributed by atoms with E-state index in [0.29, 0.717) is 23.7 Å². The second-order valence-electron chi connectivity index (χ2n) is 7.11. The summed E-state index contributed by atoms with van der Waals surface area (Å²) in [6.07, 6.45) is 0. The zero-order valence-electron chi connectivity index (χ0n) is 15.4. The van der Waals surface area contributed by atoms with Crippen molar-refractivity contribution in [2.75, 3.05) is 12.4 Å². The maximum Gasteiger partial charge on any atom is 0.319 e. The number of ether oxygens (including phenoxy) is 1. The number of carbonyl (C=O) groups is 1. The molecule has 2 N–H and O–H groups in total. The van der Waals surface area contributed by atoms with Crippen LogP contribution < -0.4 is 15.4 Å². The second-order valence-corrected chi connectivity index (χ2v) is 7.11. The van der Waals surface area contributed by atoms with Crippen LogP contribution in [-0.2, 0) is 12.0 Å². The average molecular weight is 353 g/mol. The summed E-state index contributed by atoms with van der Waals surface area (Å²) in [6.45, 7) is 6.56. The highest BCUT2D eigenvalue weighted by atomic mass is 16.5. The first kappa shape index (κ1) is 17.8. The summed E-state index contributed by atoms with van der Waals surface area (Å²) < 4.78 is 10.9. The monoisotopic (exact) mass is 353 g/mol. The lowest BCUT2D eigenvalue weighted by atomic mass is 9.97. The van der Waals surface area contributed by atoms with Crippen LogP contribution in [0.5, 0.6) is 5.75 Å². The number of nitrogens with zero attached hydrogens (tertiary/aromatic N) is 1. The van der Waals surface area contributed by atoms with Crippen LogP contribution in [0.1, 0.15) is 32.2 Å². The number of aromatic nitrogens is 1. The molecule has 2 amide bonds. The Balaban J connectivity index is 1.63. The van der Waals surface area contributed by atoms with Gasteiger partial charge in [0, 0.05) is 17.6 Å². The predicted molar refractivity (Wildman–Crippen MR) is 102 cm³/mol. The minimum Gasteiger partial charge on any atom is -0.497 e. The molecule has 0 aliphatic carbocycles. The molecular formula is C20H23N3O3. The maximum absolute atomic E-state index is 12.1. The van der Waals surface area contributed by atoms with Crippen molar-refractivity contribution in [3.8, 4) is 5.75 Å². The van der Waals surface area contributed by atoms with E-state index < -0.39 is 0 Å². The highest BCUT2D eigenvalue weighted by Crippen LogP contribution is 2.27. The van der Waals surface area contributed by atoms with Crippen molar-refractivity contribution in [3.63, 3.8) is 0 Å². The molecule has 0 saturated heterocycles. The molecule has 0 atom stereocenters. The average Bonchev–Trinajstić information content (AvgIpc) is 3.04. The van der Waals surface area contributed by atoms with Crippen LogP contribution >= 0.6 is 0 Å². The lowest BCUT2D eigenvalue weighted by Crippen LogP contribution is -2.28. The summed E-state index contributed by atoms with van der Waals surface area (Å²) in [5.74, 6) is 1.46. The minimum atomic E-state index is -0.278. The van der Waals surface area contributed by atoms with E-state index in [9.17, 15) is 4.79 Å². The number of hydrogen-bond acceptors (Lipinski definition) is 4. The van der Waals surface area contributed by atoms with Gasteiger partial charge in [0.05, 0.1) is 7.11 Å². The van der Waals surface area contributed by atoms with Crippen LogP contribution in [0.4, 0.5) is 10.5 Å². The summed E-state index contributed by atoms with van der Waals surface area (Å²) in [6, 6.07) is 12.7. The molecule has 0 fully saturated rings. The van der Waals surface area contributed by atoms with Gasteiger partial charge in [-0.3, -0.25) is 0 Å². The number of benzene rings is 2. The summed E-state index contributed by atoms with van der Waals surface area (Å²) >= 11 is 0. The first-order chi connectivity index (χ1) is 12.3. The molecule has 0 saturated carbocycles. The Labute approximate surface area is 152 Å². The molecule has 2 aromatic carbocycles. The fourth-order valence-corrected chi connectivity index (χ4v) is 2.43. The molecule has 3 aromatic rings. The number of hydrogen-bond donors (Lipinski definition) is 2. The van der Waals surface area contributed by atoms with Crippen LogP contribution in [0.25, 0.3) is 11.1 Å². The van der Waals surface area contributed by atoms with Crippen LogP contribution in [0.3, 0.4) is 0 Å².